The van der Waals surface area contributed by atoms with Crippen LogP contribution < -0.4 is 5.73 Å². The molecule has 2 aromatic rings. The minimum atomic E-state index is -0.569. The molecule has 2 nitrogen and oxygen atoms in total. The molecule has 2 N–H and O–H groups in total. The molecular formula is C15H13F2NO. The molecule has 19 heavy (non-hydrogen) atoms. The number of benzene rings is 2. The Balaban J connectivity index is 2.56. The van der Waals surface area contributed by atoms with Gasteiger partial charge >= 0.3 is 0 Å². The van der Waals surface area contributed by atoms with Crippen molar-refractivity contribution in [2.45, 2.75) is 13.8 Å². The van der Waals surface area contributed by atoms with Gasteiger partial charge in [-0.2, -0.15) is 0 Å². The highest BCUT2D eigenvalue weighted by molar-refractivity contribution is 6.11. The van der Waals surface area contributed by atoms with Crippen LogP contribution in [0.1, 0.15) is 27.0 Å². The summed E-state index contributed by atoms with van der Waals surface area (Å²) in [5.74, 6) is -1.33. The molecule has 0 spiro atoms. The quantitative estimate of drug-likeness (QED) is 0.665. The first kappa shape index (κ1) is 13.2. The van der Waals surface area contributed by atoms with Crippen LogP contribution in [0.5, 0.6) is 0 Å². The Labute approximate surface area is 109 Å². The lowest BCUT2D eigenvalue weighted by Crippen LogP contribution is -2.08. The van der Waals surface area contributed by atoms with Gasteiger partial charge in [-0.15, -0.1) is 0 Å². The van der Waals surface area contributed by atoms with Gasteiger partial charge in [0.15, 0.2) is 5.78 Å². The van der Waals surface area contributed by atoms with Crippen molar-refractivity contribution in [2.24, 2.45) is 0 Å². The molecular weight excluding hydrogens is 248 g/mol. The number of aryl methyl sites for hydroxylation is 2. The highest BCUT2D eigenvalue weighted by Gasteiger charge is 2.16. The molecule has 0 heterocycles. The number of anilines is 1. The first-order chi connectivity index (χ1) is 8.88. The van der Waals surface area contributed by atoms with E-state index in [0.29, 0.717) is 16.7 Å². The van der Waals surface area contributed by atoms with E-state index in [1.165, 1.54) is 18.2 Å². The minimum absolute atomic E-state index is 0.162. The maximum Gasteiger partial charge on any atom is 0.193 e. The third-order valence-electron chi connectivity index (χ3n) is 2.91. The molecule has 2 aromatic carbocycles. The zero-order valence-electron chi connectivity index (χ0n) is 10.6. The van der Waals surface area contributed by atoms with E-state index in [2.05, 4.69) is 0 Å². The predicted octanol–water partition coefficient (Wildman–Crippen LogP) is 3.39. The smallest absolute Gasteiger partial charge is 0.193 e. The first-order valence-corrected chi connectivity index (χ1v) is 5.76. The van der Waals surface area contributed by atoms with Crippen LogP contribution in [0.4, 0.5) is 14.5 Å². The van der Waals surface area contributed by atoms with Crippen LogP contribution in [0.3, 0.4) is 0 Å². The van der Waals surface area contributed by atoms with Gasteiger partial charge in [0, 0.05) is 16.8 Å². The molecule has 0 bridgehead atoms. The molecule has 0 aliphatic rings. The van der Waals surface area contributed by atoms with E-state index in [1.807, 2.05) is 0 Å². The van der Waals surface area contributed by atoms with Crippen LogP contribution >= 0.6 is 0 Å². The lowest BCUT2D eigenvalue weighted by molar-refractivity contribution is 0.103. The number of halogens is 2. The summed E-state index contributed by atoms with van der Waals surface area (Å²) in [7, 11) is 0. The van der Waals surface area contributed by atoms with Crippen LogP contribution in [0, 0.1) is 25.5 Å². The summed E-state index contributed by atoms with van der Waals surface area (Å²) >= 11 is 0. The molecule has 0 aliphatic heterocycles. The van der Waals surface area contributed by atoms with Crippen molar-refractivity contribution in [2.75, 3.05) is 5.73 Å². The van der Waals surface area contributed by atoms with Gasteiger partial charge < -0.3 is 5.73 Å². The maximum absolute atomic E-state index is 13.3. The molecule has 0 aromatic heterocycles. The van der Waals surface area contributed by atoms with Crippen molar-refractivity contribution in [3.8, 4) is 0 Å². The topological polar surface area (TPSA) is 43.1 Å². The third kappa shape index (κ3) is 2.62. The molecule has 0 saturated carbocycles. The molecule has 0 atom stereocenters. The second-order valence-corrected chi connectivity index (χ2v) is 4.52. The van der Waals surface area contributed by atoms with Gasteiger partial charge in [0.05, 0.1) is 0 Å². The summed E-state index contributed by atoms with van der Waals surface area (Å²) in [6.45, 7) is 3.29. The Morgan fingerprint density at radius 2 is 1.47 bits per heavy atom. The van der Waals surface area contributed by atoms with Crippen molar-refractivity contribution in [3.63, 3.8) is 0 Å². The monoisotopic (exact) mass is 261 g/mol. The Morgan fingerprint density at radius 1 is 0.947 bits per heavy atom. The fourth-order valence-electron chi connectivity index (χ4n) is 2.16. The second kappa shape index (κ2) is 4.80. The summed E-state index contributed by atoms with van der Waals surface area (Å²) < 4.78 is 26.5. The summed E-state index contributed by atoms with van der Waals surface area (Å²) in [6.07, 6.45) is 0. The van der Waals surface area contributed by atoms with Gasteiger partial charge in [0.25, 0.3) is 0 Å². The number of nitrogen functional groups attached to an aromatic ring is 1. The molecule has 98 valence electrons. The zero-order chi connectivity index (χ0) is 14.2. The molecule has 0 aliphatic carbocycles. The van der Waals surface area contributed by atoms with Crippen molar-refractivity contribution in [1.29, 1.82) is 0 Å². The van der Waals surface area contributed by atoms with Crippen LogP contribution in [-0.4, -0.2) is 5.78 Å². The predicted molar refractivity (Wildman–Crippen MR) is 70.1 cm³/mol. The van der Waals surface area contributed by atoms with E-state index in [9.17, 15) is 13.6 Å². The van der Waals surface area contributed by atoms with E-state index in [4.69, 9.17) is 5.73 Å². The number of ketones is 1. The van der Waals surface area contributed by atoms with Crippen molar-refractivity contribution < 1.29 is 13.6 Å². The number of rotatable bonds is 2. The van der Waals surface area contributed by atoms with Gasteiger partial charge in [0.2, 0.25) is 0 Å². The van der Waals surface area contributed by atoms with Crippen LogP contribution in [-0.2, 0) is 0 Å². The fourth-order valence-corrected chi connectivity index (χ4v) is 2.16. The maximum atomic E-state index is 13.3. The SMILES string of the molecule is Cc1cc(F)cc(C)c1C(=O)c1cc(N)cc(F)c1. The van der Waals surface area contributed by atoms with Gasteiger partial charge in [-0.3, -0.25) is 4.79 Å². The molecule has 0 unspecified atom stereocenters. The van der Waals surface area contributed by atoms with Crippen molar-refractivity contribution in [1.82, 2.24) is 0 Å². The zero-order valence-corrected chi connectivity index (χ0v) is 10.6. The fraction of sp³-hybridized carbons (Fsp3) is 0.133. The Hall–Kier alpha value is -2.23. The largest absolute Gasteiger partial charge is 0.399 e. The molecule has 2 rings (SSSR count). The van der Waals surface area contributed by atoms with E-state index in [0.717, 1.165) is 12.1 Å². The normalized spacial score (nSPS) is 10.5. The first-order valence-electron chi connectivity index (χ1n) is 5.76. The number of carbonyl (C=O) groups is 1. The highest BCUT2D eigenvalue weighted by atomic mass is 19.1. The van der Waals surface area contributed by atoms with E-state index >= 15 is 0 Å². The van der Waals surface area contributed by atoms with Crippen LogP contribution in [0.15, 0.2) is 30.3 Å². The Kier molecular flexibility index (Phi) is 3.34. The van der Waals surface area contributed by atoms with Crippen molar-refractivity contribution >= 4 is 11.5 Å². The standard InChI is InChI=1S/C15H13F2NO/c1-8-3-11(16)4-9(2)14(8)15(19)10-5-12(17)7-13(18)6-10/h3-7H,18H2,1-2H3. The number of nitrogens with two attached hydrogens (primary N) is 1. The molecule has 4 heteroatoms. The van der Waals surface area contributed by atoms with Crippen LogP contribution in [0.25, 0.3) is 0 Å². The summed E-state index contributed by atoms with van der Waals surface area (Å²) in [5.41, 5.74) is 7.29. The van der Waals surface area contributed by atoms with Crippen molar-refractivity contribution in [3.05, 3.63) is 64.2 Å². The molecule has 0 amide bonds. The lowest BCUT2D eigenvalue weighted by atomic mass is 9.94. The van der Waals surface area contributed by atoms with E-state index in [-0.39, 0.29) is 17.0 Å². The van der Waals surface area contributed by atoms with E-state index in [1.54, 1.807) is 13.8 Å². The average molecular weight is 261 g/mol. The summed E-state index contributed by atoms with van der Waals surface area (Å²) in [6, 6.07) is 6.24. The van der Waals surface area contributed by atoms with Crippen LogP contribution in [0.2, 0.25) is 0 Å². The van der Waals surface area contributed by atoms with Gasteiger partial charge in [0.1, 0.15) is 11.6 Å². The minimum Gasteiger partial charge on any atom is -0.399 e. The molecule has 0 saturated heterocycles. The molecule has 0 fully saturated rings. The highest BCUT2D eigenvalue weighted by Crippen LogP contribution is 2.21. The summed E-state index contributed by atoms with van der Waals surface area (Å²) in [5, 5.41) is 0. The Bertz CT molecular complexity index is 622. The molecule has 0 radical (unpaired) electrons. The Morgan fingerprint density at radius 3 is 2.00 bits per heavy atom. The van der Waals surface area contributed by atoms with Gasteiger partial charge in [-0.05, 0) is 55.3 Å². The summed E-state index contributed by atoms with van der Waals surface area (Å²) in [4.78, 5) is 12.4. The van der Waals surface area contributed by atoms with Gasteiger partial charge in [-0.1, -0.05) is 0 Å². The second-order valence-electron chi connectivity index (χ2n) is 4.52. The number of hydrogen-bond acceptors (Lipinski definition) is 2. The lowest BCUT2D eigenvalue weighted by Gasteiger charge is -2.10. The number of hydrogen-bond donors (Lipinski definition) is 1. The average Bonchev–Trinajstić information content (AvgIpc) is 2.25. The van der Waals surface area contributed by atoms with E-state index < -0.39 is 11.6 Å². The van der Waals surface area contributed by atoms with Gasteiger partial charge in [-0.25, -0.2) is 8.78 Å². The number of carbonyl (C=O) groups excluding carboxylic acids is 1. The third-order valence-corrected chi connectivity index (χ3v) is 2.91.